The van der Waals surface area contributed by atoms with Gasteiger partial charge >= 0.3 is 0 Å². The molecule has 1 aliphatic carbocycles. The predicted molar refractivity (Wildman–Crippen MR) is 91.9 cm³/mol. The van der Waals surface area contributed by atoms with Crippen molar-refractivity contribution in [2.24, 2.45) is 18.7 Å². The number of halogens is 1. The standard InChI is InChI=1S/C18H25FN4O/c1-18(20)9-4-3-5-13(18)17(24)21-10-8-16-22-14-7-6-12(19)11-15(14)23(16)2/h6-7,11,13H,3-5,8-10,20H2,1-2H3,(H,21,24). The Kier molecular flexibility index (Phi) is 4.58. The van der Waals surface area contributed by atoms with Crippen molar-refractivity contribution >= 4 is 16.9 Å². The second-order valence-corrected chi connectivity index (χ2v) is 7.07. The first-order valence-corrected chi connectivity index (χ1v) is 8.56. The van der Waals surface area contributed by atoms with Crippen LogP contribution in [0.1, 0.15) is 38.4 Å². The molecule has 2 unspecified atom stereocenters. The number of amides is 1. The largest absolute Gasteiger partial charge is 0.355 e. The highest BCUT2D eigenvalue weighted by molar-refractivity contribution is 5.80. The SMILES string of the molecule is Cn1c(CCNC(=O)C2CCCCC2(C)N)nc2ccc(F)cc21. The van der Waals surface area contributed by atoms with Crippen LogP contribution in [0, 0.1) is 11.7 Å². The number of hydrogen-bond donors (Lipinski definition) is 2. The highest BCUT2D eigenvalue weighted by Gasteiger charge is 2.37. The van der Waals surface area contributed by atoms with Crippen molar-refractivity contribution in [2.45, 2.75) is 44.6 Å². The second kappa shape index (κ2) is 6.51. The quantitative estimate of drug-likeness (QED) is 0.902. The molecule has 0 aliphatic heterocycles. The van der Waals surface area contributed by atoms with Crippen LogP contribution >= 0.6 is 0 Å². The van der Waals surface area contributed by atoms with Crippen LogP contribution in [-0.2, 0) is 18.3 Å². The van der Waals surface area contributed by atoms with Crippen LogP contribution in [0.5, 0.6) is 0 Å². The summed E-state index contributed by atoms with van der Waals surface area (Å²) in [5.41, 5.74) is 7.39. The Morgan fingerprint density at radius 1 is 1.50 bits per heavy atom. The first-order chi connectivity index (χ1) is 11.4. The number of carbonyl (C=O) groups is 1. The second-order valence-electron chi connectivity index (χ2n) is 7.07. The smallest absolute Gasteiger partial charge is 0.224 e. The first kappa shape index (κ1) is 16.9. The molecule has 1 saturated carbocycles. The van der Waals surface area contributed by atoms with Gasteiger partial charge in [-0.2, -0.15) is 0 Å². The van der Waals surface area contributed by atoms with Crippen LogP contribution in [-0.4, -0.2) is 27.5 Å². The van der Waals surface area contributed by atoms with E-state index >= 15 is 0 Å². The Morgan fingerprint density at radius 3 is 3.04 bits per heavy atom. The minimum absolute atomic E-state index is 0.0320. The maximum atomic E-state index is 13.4. The maximum absolute atomic E-state index is 13.4. The van der Waals surface area contributed by atoms with E-state index in [-0.39, 0.29) is 17.6 Å². The van der Waals surface area contributed by atoms with Crippen molar-refractivity contribution < 1.29 is 9.18 Å². The van der Waals surface area contributed by atoms with Gasteiger partial charge in [0.1, 0.15) is 11.6 Å². The van der Waals surface area contributed by atoms with Crippen molar-refractivity contribution in [3.8, 4) is 0 Å². The minimum Gasteiger partial charge on any atom is -0.355 e. The highest BCUT2D eigenvalue weighted by Crippen LogP contribution is 2.31. The van der Waals surface area contributed by atoms with E-state index in [1.54, 1.807) is 6.07 Å². The van der Waals surface area contributed by atoms with Gasteiger partial charge in [0.05, 0.1) is 17.0 Å². The number of fused-ring (bicyclic) bond motifs is 1. The number of carbonyl (C=O) groups excluding carboxylic acids is 1. The van der Waals surface area contributed by atoms with Crippen LogP contribution in [0.15, 0.2) is 18.2 Å². The van der Waals surface area contributed by atoms with Crippen molar-refractivity contribution in [3.05, 3.63) is 29.8 Å². The molecule has 1 fully saturated rings. The lowest BCUT2D eigenvalue weighted by atomic mass is 9.74. The number of aryl methyl sites for hydroxylation is 1. The molecule has 6 heteroatoms. The van der Waals surface area contributed by atoms with Gasteiger partial charge in [0.2, 0.25) is 5.91 Å². The highest BCUT2D eigenvalue weighted by atomic mass is 19.1. The van der Waals surface area contributed by atoms with Crippen molar-refractivity contribution in [1.82, 2.24) is 14.9 Å². The summed E-state index contributed by atoms with van der Waals surface area (Å²) >= 11 is 0. The Morgan fingerprint density at radius 2 is 2.29 bits per heavy atom. The molecular weight excluding hydrogens is 307 g/mol. The Hall–Kier alpha value is -1.95. The third-order valence-corrected chi connectivity index (χ3v) is 5.15. The third kappa shape index (κ3) is 3.29. The summed E-state index contributed by atoms with van der Waals surface area (Å²) in [6, 6.07) is 4.56. The van der Waals surface area contributed by atoms with Crippen LogP contribution in [0.3, 0.4) is 0 Å². The van der Waals surface area contributed by atoms with Gasteiger partial charge in [0.15, 0.2) is 0 Å². The van der Waals surface area contributed by atoms with Gasteiger partial charge in [-0.05, 0) is 38.0 Å². The van der Waals surface area contributed by atoms with Gasteiger partial charge in [-0.3, -0.25) is 4.79 Å². The zero-order chi connectivity index (χ0) is 17.3. The van der Waals surface area contributed by atoms with Gasteiger partial charge in [-0.15, -0.1) is 0 Å². The number of benzene rings is 1. The molecule has 24 heavy (non-hydrogen) atoms. The third-order valence-electron chi connectivity index (χ3n) is 5.15. The van der Waals surface area contributed by atoms with Crippen LogP contribution in [0.25, 0.3) is 11.0 Å². The van der Waals surface area contributed by atoms with Crippen LogP contribution in [0.2, 0.25) is 0 Å². The molecule has 3 N–H and O–H groups in total. The van der Waals surface area contributed by atoms with Crippen LogP contribution < -0.4 is 11.1 Å². The van der Waals surface area contributed by atoms with E-state index in [4.69, 9.17) is 5.73 Å². The summed E-state index contributed by atoms with van der Waals surface area (Å²) < 4.78 is 15.2. The lowest BCUT2D eigenvalue weighted by molar-refractivity contribution is -0.128. The molecule has 0 spiro atoms. The van der Waals surface area contributed by atoms with E-state index in [1.807, 2.05) is 18.5 Å². The summed E-state index contributed by atoms with van der Waals surface area (Å²) in [7, 11) is 1.87. The molecule has 0 saturated heterocycles. The molecule has 1 aromatic carbocycles. The fourth-order valence-corrected chi connectivity index (χ4v) is 3.65. The molecule has 5 nitrogen and oxygen atoms in total. The van der Waals surface area contributed by atoms with E-state index in [1.165, 1.54) is 12.1 Å². The Labute approximate surface area is 141 Å². The fraction of sp³-hybridized carbons (Fsp3) is 0.556. The number of nitrogens with one attached hydrogen (secondary N) is 1. The van der Waals surface area contributed by atoms with E-state index in [0.29, 0.717) is 13.0 Å². The van der Waals surface area contributed by atoms with Gasteiger partial charge in [-0.25, -0.2) is 9.37 Å². The number of imidazole rings is 1. The van der Waals surface area contributed by atoms with Gasteiger partial charge in [0, 0.05) is 25.6 Å². The molecule has 1 amide bonds. The number of aromatic nitrogens is 2. The summed E-state index contributed by atoms with van der Waals surface area (Å²) in [6.45, 7) is 2.47. The average molecular weight is 332 g/mol. The van der Waals surface area contributed by atoms with Crippen molar-refractivity contribution in [3.63, 3.8) is 0 Å². The molecule has 2 atom stereocenters. The molecule has 1 aliphatic rings. The lowest BCUT2D eigenvalue weighted by Crippen LogP contribution is -2.53. The Bertz CT molecular complexity index is 753. The molecule has 3 rings (SSSR count). The zero-order valence-corrected chi connectivity index (χ0v) is 14.3. The van der Waals surface area contributed by atoms with Gasteiger partial charge < -0.3 is 15.6 Å². The Balaban J connectivity index is 1.62. The number of rotatable bonds is 4. The summed E-state index contributed by atoms with van der Waals surface area (Å²) in [4.78, 5) is 16.9. The maximum Gasteiger partial charge on any atom is 0.224 e. The topological polar surface area (TPSA) is 72.9 Å². The minimum atomic E-state index is -0.419. The normalized spacial score (nSPS) is 24.2. The summed E-state index contributed by atoms with van der Waals surface area (Å²) in [5, 5.41) is 2.99. The van der Waals surface area contributed by atoms with E-state index < -0.39 is 5.54 Å². The molecule has 130 valence electrons. The number of nitrogens with zero attached hydrogens (tertiary/aromatic N) is 2. The van der Waals surface area contributed by atoms with Gasteiger partial charge in [-0.1, -0.05) is 12.8 Å². The van der Waals surface area contributed by atoms with Crippen LogP contribution in [0.4, 0.5) is 4.39 Å². The summed E-state index contributed by atoms with van der Waals surface area (Å²) in [5.74, 6) is 0.463. The van der Waals surface area contributed by atoms with E-state index in [0.717, 1.165) is 42.5 Å². The monoisotopic (exact) mass is 332 g/mol. The van der Waals surface area contributed by atoms with Crippen molar-refractivity contribution in [2.75, 3.05) is 6.54 Å². The van der Waals surface area contributed by atoms with Crippen molar-refractivity contribution in [1.29, 1.82) is 0 Å². The molecule has 1 heterocycles. The first-order valence-electron chi connectivity index (χ1n) is 8.56. The van der Waals surface area contributed by atoms with E-state index in [2.05, 4.69) is 10.3 Å². The molecular formula is C18H25FN4O. The summed E-state index contributed by atoms with van der Waals surface area (Å²) in [6.07, 6.45) is 4.49. The van der Waals surface area contributed by atoms with Gasteiger partial charge in [0.25, 0.3) is 0 Å². The molecule has 2 aromatic rings. The number of hydrogen-bond acceptors (Lipinski definition) is 3. The number of nitrogens with two attached hydrogens (primary N) is 1. The fourth-order valence-electron chi connectivity index (χ4n) is 3.65. The predicted octanol–water partition coefficient (Wildman–Crippen LogP) is 2.28. The average Bonchev–Trinajstić information content (AvgIpc) is 2.83. The zero-order valence-electron chi connectivity index (χ0n) is 14.3. The lowest BCUT2D eigenvalue weighted by Gasteiger charge is -2.37. The molecule has 0 radical (unpaired) electrons. The van der Waals surface area contributed by atoms with E-state index in [9.17, 15) is 9.18 Å². The molecule has 1 aromatic heterocycles. The molecule has 0 bridgehead atoms.